The topological polar surface area (TPSA) is 29.1 Å². The van der Waals surface area contributed by atoms with Crippen LogP contribution in [0.2, 0.25) is 0 Å². The van der Waals surface area contributed by atoms with Gasteiger partial charge in [0.15, 0.2) is 0 Å². The lowest BCUT2D eigenvalue weighted by molar-refractivity contribution is -0.137. The molecule has 0 amide bonds. The number of hydrogen-bond donors (Lipinski definition) is 1. The molecule has 2 unspecified atom stereocenters. The second-order valence-electron chi connectivity index (χ2n) is 5.78. The Labute approximate surface area is 139 Å². The highest BCUT2D eigenvalue weighted by atomic mass is 79.9. The van der Waals surface area contributed by atoms with Crippen LogP contribution in [0.3, 0.4) is 0 Å². The summed E-state index contributed by atoms with van der Waals surface area (Å²) in [5.74, 6) is 0. The van der Waals surface area contributed by atoms with Crippen LogP contribution in [0.5, 0.6) is 0 Å². The van der Waals surface area contributed by atoms with E-state index >= 15 is 0 Å². The lowest BCUT2D eigenvalue weighted by Gasteiger charge is -2.26. The molecule has 0 spiro atoms. The Morgan fingerprint density at radius 2 is 1.73 bits per heavy atom. The second-order valence-corrected chi connectivity index (χ2v) is 8.83. The molecule has 0 aliphatic rings. The molecule has 0 radical (unpaired) electrons. The van der Waals surface area contributed by atoms with E-state index < -0.39 is 33.5 Å². The van der Waals surface area contributed by atoms with Crippen molar-refractivity contribution in [3.63, 3.8) is 0 Å². The average Bonchev–Trinajstić information content (AvgIpc) is 2.41. The molecule has 0 bridgehead atoms. The van der Waals surface area contributed by atoms with Crippen LogP contribution in [0.4, 0.5) is 13.2 Å². The van der Waals surface area contributed by atoms with Gasteiger partial charge in [-0.25, -0.2) is 8.93 Å². The number of nitrogens with one attached hydrogen (secondary N) is 1. The van der Waals surface area contributed by atoms with Gasteiger partial charge in [-0.05, 0) is 38.5 Å². The first-order valence-electron chi connectivity index (χ1n) is 6.58. The van der Waals surface area contributed by atoms with E-state index in [2.05, 4.69) is 27.2 Å². The molecular weight excluding hydrogens is 379 g/mol. The predicted molar refractivity (Wildman–Crippen MR) is 88.1 cm³/mol. The van der Waals surface area contributed by atoms with E-state index in [1.807, 2.05) is 20.8 Å². The number of benzene rings is 1. The highest BCUT2D eigenvalue weighted by molar-refractivity contribution is 9.09. The van der Waals surface area contributed by atoms with Crippen LogP contribution >= 0.6 is 15.9 Å². The fraction of sp³-hybridized carbons (Fsp3) is 0.467. The zero-order valence-electron chi connectivity index (χ0n) is 12.6. The first-order chi connectivity index (χ1) is 9.96. The molecule has 22 heavy (non-hydrogen) atoms. The Morgan fingerprint density at radius 3 is 2.09 bits per heavy atom. The summed E-state index contributed by atoms with van der Waals surface area (Å²) in [4.78, 5) is -0.268. The van der Waals surface area contributed by atoms with Gasteiger partial charge in [0.05, 0.1) is 32.2 Å². The monoisotopic (exact) mass is 397 g/mol. The molecule has 3 atom stereocenters. The zero-order chi connectivity index (χ0) is 17.1. The van der Waals surface area contributed by atoms with E-state index in [-0.39, 0.29) is 4.83 Å². The minimum absolute atomic E-state index is 0.268. The zero-order valence-corrected chi connectivity index (χ0v) is 15.0. The van der Waals surface area contributed by atoms with Crippen LogP contribution in [0.25, 0.3) is 0 Å². The van der Waals surface area contributed by atoms with Crippen molar-refractivity contribution in [3.05, 3.63) is 48.0 Å². The summed E-state index contributed by atoms with van der Waals surface area (Å²) >= 11 is 3.40. The van der Waals surface area contributed by atoms with Crippen molar-refractivity contribution in [2.45, 2.75) is 42.6 Å². The van der Waals surface area contributed by atoms with E-state index in [0.29, 0.717) is 5.56 Å². The number of halogens is 4. The van der Waals surface area contributed by atoms with Gasteiger partial charge in [0.2, 0.25) is 0 Å². The van der Waals surface area contributed by atoms with Gasteiger partial charge in [-0.2, -0.15) is 13.2 Å². The summed E-state index contributed by atoms with van der Waals surface area (Å²) in [7, 11) is -1.36. The maximum Gasteiger partial charge on any atom is 0.416 e. The molecule has 0 heterocycles. The molecule has 0 aromatic heterocycles. The maximum absolute atomic E-state index is 12.6. The molecule has 0 aliphatic carbocycles. The quantitative estimate of drug-likeness (QED) is 0.563. The SMILES string of the molecule is C=CC(Br)[C@H](NS(=O)C(C)(C)C)c1ccc(C(F)(F)F)cc1. The third-order valence-electron chi connectivity index (χ3n) is 2.93. The molecule has 0 saturated heterocycles. The highest BCUT2D eigenvalue weighted by Gasteiger charge is 2.31. The van der Waals surface area contributed by atoms with Crippen LogP contribution in [0.15, 0.2) is 36.9 Å². The van der Waals surface area contributed by atoms with E-state index in [1.165, 1.54) is 12.1 Å². The Balaban J connectivity index is 3.08. The minimum Gasteiger partial charge on any atom is -0.242 e. The molecular formula is C15H19BrF3NOS. The van der Waals surface area contributed by atoms with Crippen molar-refractivity contribution in [3.8, 4) is 0 Å². The average molecular weight is 398 g/mol. The van der Waals surface area contributed by atoms with E-state index in [4.69, 9.17) is 0 Å². The summed E-state index contributed by atoms with van der Waals surface area (Å²) in [5.41, 5.74) is -0.107. The molecule has 0 fully saturated rings. The number of rotatable bonds is 5. The smallest absolute Gasteiger partial charge is 0.242 e. The summed E-state index contributed by atoms with van der Waals surface area (Å²) in [5, 5.41) is 0. The number of alkyl halides is 4. The van der Waals surface area contributed by atoms with Crippen molar-refractivity contribution < 1.29 is 17.4 Å². The van der Waals surface area contributed by atoms with Gasteiger partial charge in [-0.15, -0.1) is 6.58 Å². The van der Waals surface area contributed by atoms with E-state index in [9.17, 15) is 17.4 Å². The molecule has 1 rings (SSSR count). The summed E-state index contributed by atoms with van der Waals surface area (Å²) in [6, 6.07) is 4.37. The van der Waals surface area contributed by atoms with Crippen molar-refractivity contribution >= 4 is 26.9 Å². The van der Waals surface area contributed by atoms with Gasteiger partial charge in [-0.1, -0.05) is 34.1 Å². The predicted octanol–water partition coefficient (Wildman–Crippen LogP) is 4.75. The molecule has 1 aromatic carbocycles. The van der Waals surface area contributed by atoms with Crippen LogP contribution in [0, 0.1) is 0 Å². The van der Waals surface area contributed by atoms with Crippen LogP contribution < -0.4 is 4.72 Å². The molecule has 0 aliphatic heterocycles. The summed E-state index contributed by atoms with van der Waals surface area (Å²) in [6.07, 6.45) is -2.77. The standard InChI is InChI=1S/C15H19BrF3NOS/c1-5-12(16)13(20-22(21)14(2,3)4)10-6-8-11(9-7-10)15(17,18)19/h5-9,12-13,20H,1H2,2-4H3/t12?,13-,22?/m1/s1. The molecule has 1 aromatic rings. The Kier molecular flexibility index (Phi) is 6.41. The van der Waals surface area contributed by atoms with Crippen molar-refractivity contribution in [2.24, 2.45) is 0 Å². The lowest BCUT2D eigenvalue weighted by atomic mass is 10.0. The van der Waals surface area contributed by atoms with E-state index in [1.54, 1.807) is 6.08 Å². The first kappa shape index (κ1) is 19.4. The Morgan fingerprint density at radius 1 is 1.23 bits per heavy atom. The van der Waals surface area contributed by atoms with E-state index in [0.717, 1.165) is 12.1 Å². The van der Waals surface area contributed by atoms with Crippen LogP contribution in [0.1, 0.15) is 37.9 Å². The lowest BCUT2D eigenvalue weighted by Crippen LogP contribution is -2.38. The van der Waals surface area contributed by atoms with Crippen molar-refractivity contribution in [1.29, 1.82) is 0 Å². The fourth-order valence-corrected chi connectivity index (χ4v) is 3.10. The van der Waals surface area contributed by atoms with Gasteiger partial charge in [0.1, 0.15) is 0 Å². The molecule has 0 saturated carbocycles. The van der Waals surface area contributed by atoms with Crippen LogP contribution in [-0.4, -0.2) is 13.8 Å². The van der Waals surface area contributed by atoms with Gasteiger partial charge in [-0.3, -0.25) is 0 Å². The Hall–Kier alpha value is -0.660. The molecule has 124 valence electrons. The van der Waals surface area contributed by atoms with Crippen molar-refractivity contribution in [2.75, 3.05) is 0 Å². The molecule has 1 N–H and O–H groups in total. The van der Waals surface area contributed by atoms with Gasteiger partial charge in [0.25, 0.3) is 0 Å². The third-order valence-corrected chi connectivity index (χ3v) is 5.41. The molecule has 2 nitrogen and oxygen atoms in total. The van der Waals surface area contributed by atoms with Gasteiger partial charge < -0.3 is 0 Å². The minimum atomic E-state index is -4.37. The normalized spacial score (nSPS) is 16.9. The Bertz CT molecular complexity index is 537. The van der Waals surface area contributed by atoms with Crippen molar-refractivity contribution in [1.82, 2.24) is 4.72 Å². The summed E-state index contributed by atoms with van der Waals surface area (Å²) in [6.45, 7) is 9.12. The second kappa shape index (κ2) is 7.27. The fourth-order valence-electron chi connectivity index (χ4n) is 1.62. The first-order valence-corrected chi connectivity index (χ1v) is 8.65. The summed E-state index contributed by atoms with van der Waals surface area (Å²) < 4.78 is 52.6. The largest absolute Gasteiger partial charge is 0.416 e. The maximum atomic E-state index is 12.6. The van der Waals surface area contributed by atoms with Crippen LogP contribution in [-0.2, 0) is 17.2 Å². The number of hydrogen-bond acceptors (Lipinski definition) is 1. The van der Waals surface area contributed by atoms with Gasteiger partial charge in [0, 0.05) is 0 Å². The van der Waals surface area contributed by atoms with Gasteiger partial charge >= 0.3 is 6.18 Å². The molecule has 7 heteroatoms. The third kappa shape index (κ3) is 5.21. The highest BCUT2D eigenvalue weighted by Crippen LogP contribution is 2.31.